The number of nitrogens with one attached hydrogen (secondary N) is 1. The van der Waals surface area contributed by atoms with Crippen LogP contribution in [-0.4, -0.2) is 40.2 Å². The number of hydrogen-bond donors (Lipinski definition) is 1. The lowest BCUT2D eigenvalue weighted by Gasteiger charge is -2.54. The van der Waals surface area contributed by atoms with Crippen molar-refractivity contribution in [3.63, 3.8) is 0 Å². The highest BCUT2D eigenvalue weighted by atomic mass is 16.5. The maximum Gasteiger partial charge on any atom is 0.271 e. The molecule has 1 aliphatic rings. The highest BCUT2D eigenvalue weighted by Crippen LogP contribution is 2.45. The Bertz CT molecular complexity index is 637. The zero-order valence-electron chi connectivity index (χ0n) is 13.1. The number of aromatic amines is 1. The molecule has 1 fully saturated rings. The van der Waals surface area contributed by atoms with Crippen molar-refractivity contribution in [3.8, 4) is 5.75 Å². The van der Waals surface area contributed by atoms with Gasteiger partial charge in [0.05, 0.1) is 0 Å². The maximum absolute atomic E-state index is 12.4. The first-order valence-electron chi connectivity index (χ1n) is 7.48. The van der Waals surface area contributed by atoms with E-state index in [2.05, 4.69) is 24.0 Å². The van der Waals surface area contributed by atoms with Crippen LogP contribution >= 0.6 is 0 Å². The highest BCUT2D eigenvalue weighted by Gasteiger charge is 2.53. The van der Waals surface area contributed by atoms with Crippen molar-refractivity contribution in [2.75, 3.05) is 7.05 Å². The van der Waals surface area contributed by atoms with E-state index >= 15 is 0 Å². The van der Waals surface area contributed by atoms with Crippen molar-refractivity contribution in [2.45, 2.75) is 32.4 Å². The summed E-state index contributed by atoms with van der Waals surface area (Å²) < 4.78 is 6.06. The smallest absolute Gasteiger partial charge is 0.271 e. The van der Waals surface area contributed by atoms with Crippen molar-refractivity contribution in [2.24, 2.45) is 5.41 Å². The van der Waals surface area contributed by atoms with Gasteiger partial charge in [-0.25, -0.2) is 0 Å². The zero-order valence-corrected chi connectivity index (χ0v) is 13.1. The molecule has 1 N–H and O–H groups in total. The SMILES string of the molecule is CN(C(=O)c1ccn[nH]1)[C@@H]1C[C@@H](Oc2ccccc2)C1(C)C. The molecule has 116 valence electrons. The molecule has 0 radical (unpaired) electrons. The molecule has 1 aromatic heterocycles. The number of H-pyrrole nitrogens is 1. The van der Waals surface area contributed by atoms with Crippen LogP contribution in [0.2, 0.25) is 0 Å². The number of rotatable bonds is 4. The van der Waals surface area contributed by atoms with E-state index in [1.165, 1.54) is 0 Å². The number of amides is 1. The molecule has 1 amide bonds. The topological polar surface area (TPSA) is 58.2 Å². The van der Waals surface area contributed by atoms with Gasteiger partial charge in [-0.1, -0.05) is 32.0 Å². The Morgan fingerprint density at radius 1 is 1.32 bits per heavy atom. The first kappa shape index (κ1) is 14.6. The summed E-state index contributed by atoms with van der Waals surface area (Å²) >= 11 is 0. The summed E-state index contributed by atoms with van der Waals surface area (Å²) in [6.45, 7) is 4.29. The van der Waals surface area contributed by atoms with E-state index in [9.17, 15) is 4.79 Å². The number of carbonyl (C=O) groups excluding carboxylic acids is 1. The molecule has 0 bridgehead atoms. The lowest BCUT2D eigenvalue weighted by Crippen LogP contribution is -2.63. The molecular formula is C17H21N3O2. The maximum atomic E-state index is 12.4. The van der Waals surface area contributed by atoms with Gasteiger partial charge in [-0.05, 0) is 18.2 Å². The quantitative estimate of drug-likeness (QED) is 0.944. The van der Waals surface area contributed by atoms with Crippen LogP contribution in [0, 0.1) is 5.41 Å². The van der Waals surface area contributed by atoms with E-state index in [1.54, 1.807) is 17.2 Å². The molecule has 1 aliphatic carbocycles. The number of hydrogen-bond acceptors (Lipinski definition) is 3. The second kappa shape index (κ2) is 5.48. The third kappa shape index (κ3) is 2.47. The van der Waals surface area contributed by atoms with Crippen LogP contribution in [0.3, 0.4) is 0 Å². The van der Waals surface area contributed by atoms with Crippen LogP contribution in [0.25, 0.3) is 0 Å². The Morgan fingerprint density at radius 3 is 2.64 bits per heavy atom. The summed E-state index contributed by atoms with van der Waals surface area (Å²) in [7, 11) is 1.84. The molecule has 3 rings (SSSR count). The van der Waals surface area contributed by atoms with Gasteiger partial charge in [-0.3, -0.25) is 9.89 Å². The third-order valence-corrected chi connectivity index (χ3v) is 4.67. The van der Waals surface area contributed by atoms with Crippen molar-refractivity contribution in [1.29, 1.82) is 0 Å². The first-order valence-corrected chi connectivity index (χ1v) is 7.48. The predicted octanol–water partition coefficient (Wildman–Crippen LogP) is 2.73. The monoisotopic (exact) mass is 299 g/mol. The molecule has 5 heteroatoms. The van der Waals surface area contributed by atoms with Crippen LogP contribution in [0.4, 0.5) is 0 Å². The van der Waals surface area contributed by atoms with Gasteiger partial charge < -0.3 is 9.64 Å². The summed E-state index contributed by atoms with van der Waals surface area (Å²) in [6, 6.07) is 11.7. The third-order valence-electron chi connectivity index (χ3n) is 4.67. The van der Waals surface area contributed by atoms with Gasteiger partial charge in [0, 0.05) is 31.1 Å². The lowest BCUT2D eigenvalue weighted by atomic mass is 9.63. The van der Waals surface area contributed by atoms with E-state index in [1.807, 2.05) is 37.4 Å². The van der Waals surface area contributed by atoms with Crippen molar-refractivity contribution in [1.82, 2.24) is 15.1 Å². The summed E-state index contributed by atoms with van der Waals surface area (Å²) in [5, 5.41) is 6.57. The van der Waals surface area contributed by atoms with E-state index in [0.717, 1.165) is 12.2 Å². The van der Waals surface area contributed by atoms with Crippen molar-refractivity contribution < 1.29 is 9.53 Å². The fraction of sp³-hybridized carbons (Fsp3) is 0.412. The summed E-state index contributed by atoms with van der Waals surface area (Å²) in [6.07, 6.45) is 2.53. The minimum absolute atomic E-state index is 0.0336. The van der Waals surface area contributed by atoms with E-state index in [-0.39, 0.29) is 23.5 Å². The fourth-order valence-corrected chi connectivity index (χ4v) is 3.09. The van der Waals surface area contributed by atoms with Gasteiger partial charge >= 0.3 is 0 Å². The van der Waals surface area contributed by atoms with Gasteiger partial charge in [0.2, 0.25) is 0 Å². The molecule has 2 aromatic rings. The highest BCUT2D eigenvalue weighted by molar-refractivity contribution is 5.92. The Kier molecular flexibility index (Phi) is 3.64. The Morgan fingerprint density at radius 2 is 2.05 bits per heavy atom. The number of benzene rings is 1. The minimum Gasteiger partial charge on any atom is -0.490 e. The van der Waals surface area contributed by atoms with Gasteiger partial charge in [0.25, 0.3) is 5.91 Å². The van der Waals surface area contributed by atoms with E-state index < -0.39 is 0 Å². The van der Waals surface area contributed by atoms with Crippen LogP contribution in [0.1, 0.15) is 30.8 Å². The first-order chi connectivity index (χ1) is 10.5. The Balaban J connectivity index is 1.67. The number of aromatic nitrogens is 2. The molecule has 2 atom stereocenters. The second-order valence-electron chi connectivity index (χ2n) is 6.38. The Hall–Kier alpha value is -2.30. The summed E-state index contributed by atoms with van der Waals surface area (Å²) in [5.41, 5.74) is 0.422. The van der Waals surface area contributed by atoms with E-state index in [0.29, 0.717) is 5.69 Å². The minimum atomic E-state index is -0.0970. The summed E-state index contributed by atoms with van der Waals surface area (Å²) in [5.74, 6) is 0.843. The van der Waals surface area contributed by atoms with Gasteiger partial charge in [0.1, 0.15) is 17.5 Å². The molecule has 1 heterocycles. The molecule has 0 unspecified atom stereocenters. The summed E-state index contributed by atoms with van der Waals surface area (Å²) in [4.78, 5) is 14.2. The number of para-hydroxylation sites is 1. The molecule has 1 aromatic carbocycles. The molecular weight excluding hydrogens is 278 g/mol. The standard InChI is InChI=1S/C17H21N3O2/c1-17(2)14(20(3)16(21)13-9-10-18-19-13)11-15(17)22-12-7-5-4-6-8-12/h4-10,14-15H,11H2,1-3H3,(H,18,19)/t14-,15-/m1/s1. The van der Waals surface area contributed by atoms with Crippen LogP contribution in [0.15, 0.2) is 42.6 Å². The molecule has 0 spiro atoms. The number of carbonyl (C=O) groups is 1. The van der Waals surface area contributed by atoms with Gasteiger partial charge in [-0.2, -0.15) is 5.10 Å². The predicted molar refractivity (Wildman–Crippen MR) is 83.7 cm³/mol. The van der Waals surface area contributed by atoms with Crippen molar-refractivity contribution in [3.05, 3.63) is 48.3 Å². The van der Waals surface area contributed by atoms with Gasteiger partial charge in [0.15, 0.2) is 0 Å². The second-order valence-corrected chi connectivity index (χ2v) is 6.38. The van der Waals surface area contributed by atoms with Crippen LogP contribution in [0.5, 0.6) is 5.75 Å². The number of nitrogens with zero attached hydrogens (tertiary/aromatic N) is 2. The van der Waals surface area contributed by atoms with E-state index in [4.69, 9.17) is 4.74 Å². The van der Waals surface area contributed by atoms with Crippen molar-refractivity contribution >= 4 is 5.91 Å². The molecule has 22 heavy (non-hydrogen) atoms. The molecule has 0 aliphatic heterocycles. The largest absolute Gasteiger partial charge is 0.490 e. The normalized spacial score (nSPS) is 22.7. The number of ether oxygens (including phenoxy) is 1. The average Bonchev–Trinajstić information content (AvgIpc) is 3.05. The molecule has 0 saturated heterocycles. The molecule has 1 saturated carbocycles. The Labute approximate surface area is 130 Å². The van der Waals surface area contributed by atoms with Crippen LogP contribution in [-0.2, 0) is 0 Å². The van der Waals surface area contributed by atoms with Crippen LogP contribution < -0.4 is 4.74 Å². The average molecular weight is 299 g/mol. The molecule has 5 nitrogen and oxygen atoms in total. The lowest BCUT2D eigenvalue weighted by molar-refractivity contribution is -0.0887. The fourth-order valence-electron chi connectivity index (χ4n) is 3.09. The van der Waals surface area contributed by atoms with Gasteiger partial charge in [-0.15, -0.1) is 0 Å². The zero-order chi connectivity index (χ0) is 15.7.